The molecule has 3 rings (SSSR count). The number of hydrogen-bond acceptors (Lipinski definition) is 5. The van der Waals surface area contributed by atoms with Crippen molar-refractivity contribution in [2.45, 2.75) is 19.4 Å². The van der Waals surface area contributed by atoms with E-state index in [1.54, 1.807) is 19.4 Å². The highest BCUT2D eigenvalue weighted by Crippen LogP contribution is 2.27. The van der Waals surface area contributed by atoms with Gasteiger partial charge in [-0.05, 0) is 43.5 Å². The lowest BCUT2D eigenvalue weighted by Gasteiger charge is -2.11. The summed E-state index contributed by atoms with van der Waals surface area (Å²) in [6, 6.07) is 11.0. The van der Waals surface area contributed by atoms with E-state index in [9.17, 15) is 4.79 Å². The highest BCUT2D eigenvalue weighted by Gasteiger charge is 2.20. The minimum atomic E-state index is -0.0307. The Kier molecular flexibility index (Phi) is 5.85. The zero-order valence-electron chi connectivity index (χ0n) is 14.3. The number of methoxy groups -OCH3 is 1. The number of rotatable bonds is 9. The molecule has 1 aromatic carbocycles. The van der Waals surface area contributed by atoms with Gasteiger partial charge in [0.25, 0.3) is 0 Å². The number of ether oxygens (including phenoxy) is 2. The maximum atomic E-state index is 11.9. The van der Waals surface area contributed by atoms with Crippen LogP contribution in [0.3, 0.4) is 0 Å². The quantitative estimate of drug-likeness (QED) is 0.733. The molecule has 1 aromatic heterocycles. The maximum Gasteiger partial charge on any atom is 0.234 e. The van der Waals surface area contributed by atoms with E-state index in [1.807, 2.05) is 30.3 Å². The van der Waals surface area contributed by atoms with E-state index < -0.39 is 0 Å². The topological polar surface area (TPSA) is 72.5 Å². The SMILES string of the molecule is COc1cccc(Oc2ncccc2CNC(=O)CNCC2CC2)c1. The third-order valence-corrected chi connectivity index (χ3v) is 4.00. The lowest BCUT2D eigenvalue weighted by Crippen LogP contribution is -2.34. The van der Waals surface area contributed by atoms with Gasteiger partial charge in [0, 0.05) is 24.4 Å². The summed E-state index contributed by atoms with van der Waals surface area (Å²) in [7, 11) is 1.61. The molecule has 132 valence electrons. The fourth-order valence-corrected chi connectivity index (χ4v) is 2.39. The average molecular weight is 341 g/mol. The Bertz CT molecular complexity index is 717. The summed E-state index contributed by atoms with van der Waals surface area (Å²) in [4.78, 5) is 16.2. The monoisotopic (exact) mass is 341 g/mol. The summed E-state index contributed by atoms with van der Waals surface area (Å²) in [6.45, 7) is 1.63. The molecule has 0 atom stereocenters. The zero-order valence-corrected chi connectivity index (χ0v) is 14.3. The van der Waals surface area contributed by atoms with Crippen molar-refractivity contribution in [3.05, 3.63) is 48.2 Å². The van der Waals surface area contributed by atoms with Gasteiger partial charge in [-0.25, -0.2) is 4.98 Å². The molecule has 25 heavy (non-hydrogen) atoms. The van der Waals surface area contributed by atoms with Gasteiger partial charge in [0.15, 0.2) is 0 Å². The number of aromatic nitrogens is 1. The van der Waals surface area contributed by atoms with Crippen LogP contribution in [-0.4, -0.2) is 31.1 Å². The van der Waals surface area contributed by atoms with E-state index in [-0.39, 0.29) is 5.91 Å². The third-order valence-electron chi connectivity index (χ3n) is 4.00. The van der Waals surface area contributed by atoms with Gasteiger partial charge in [-0.2, -0.15) is 0 Å². The largest absolute Gasteiger partial charge is 0.497 e. The van der Waals surface area contributed by atoms with Crippen molar-refractivity contribution in [2.75, 3.05) is 20.2 Å². The summed E-state index contributed by atoms with van der Waals surface area (Å²) in [5, 5.41) is 6.07. The number of carbonyl (C=O) groups excluding carboxylic acids is 1. The molecule has 0 saturated heterocycles. The first-order chi connectivity index (χ1) is 12.2. The Morgan fingerprint density at radius 1 is 1.24 bits per heavy atom. The van der Waals surface area contributed by atoms with Crippen molar-refractivity contribution in [3.63, 3.8) is 0 Å². The van der Waals surface area contributed by atoms with Crippen LogP contribution in [0.2, 0.25) is 0 Å². The molecule has 2 N–H and O–H groups in total. The van der Waals surface area contributed by atoms with Crippen LogP contribution >= 0.6 is 0 Å². The second-order valence-corrected chi connectivity index (χ2v) is 6.10. The Balaban J connectivity index is 1.55. The van der Waals surface area contributed by atoms with Gasteiger partial charge >= 0.3 is 0 Å². The van der Waals surface area contributed by atoms with Gasteiger partial charge in [0.05, 0.1) is 13.7 Å². The first kappa shape index (κ1) is 17.2. The molecular weight excluding hydrogens is 318 g/mol. The van der Waals surface area contributed by atoms with E-state index in [1.165, 1.54) is 12.8 Å². The second-order valence-electron chi connectivity index (χ2n) is 6.10. The van der Waals surface area contributed by atoms with E-state index in [0.717, 1.165) is 18.0 Å². The number of pyridine rings is 1. The Morgan fingerprint density at radius 2 is 2.08 bits per heavy atom. The van der Waals surface area contributed by atoms with Crippen molar-refractivity contribution >= 4 is 5.91 Å². The third kappa shape index (κ3) is 5.46. The molecule has 1 fully saturated rings. The normalized spacial score (nSPS) is 13.3. The zero-order chi connectivity index (χ0) is 17.5. The van der Waals surface area contributed by atoms with Crippen LogP contribution in [0.1, 0.15) is 18.4 Å². The molecule has 6 nitrogen and oxygen atoms in total. The summed E-state index contributed by atoms with van der Waals surface area (Å²) >= 11 is 0. The van der Waals surface area contributed by atoms with Gasteiger partial charge in [0.1, 0.15) is 11.5 Å². The van der Waals surface area contributed by atoms with Crippen LogP contribution < -0.4 is 20.1 Å². The van der Waals surface area contributed by atoms with Crippen LogP contribution in [-0.2, 0) is 11.3 Å². The standard InChI is InChI=1S/C19H23N3O3/c1-24-16-5-2-6-17(10-16)25-19-15(4-3-9-21-19)12-22-18(23)13-20-11-14-7-8-14/h2-6,9-10,14,20H,7-8,11-13H2,1H3,(H,22,23). The summed E-state index contributed by atoms with van der Waals surface area (Å²) in [5.74, 6) is 2.55. The molecule has 0 bridgehead atoms. The van der Waals surface area contributed by atoms with Gasteiger partial charge in [0.2, 0.25) is 11.8 Å². The molecule has 6 heteroatoms. The van der Waals surface area contributed by atoms with Gasteiger partial charge in [-0.15, -0.1) is 0 Å². The minimum absolute atomic E-state index is 0.0307. The van der Waals surface area contributed by atoms with Crippen molar-refractivity contribution in [3.8, 4) is 17.4 Å². The number of nitrogens with zero attached hydrogens (tertiary/aromatic N) is 1. The molecule has 0 aliphatic heterocycles. The van der Waals surface area contributed by atoms with E-state index >= 15 is 0 Å². The predicted molar refractivity (Wildman–Crippen MR) is 94.7 cm³/mol. The summed E-state index contributed by atoms with van der Waals surface area (Å²) < 4.78 is 11.0. The summed E-state index contributed by atoms with van der Waals surface area (Å²) in [6.07, 6.45) is 4.21. The number of carbonyl (C=O) groups is 1. The second kappa shape index (κ2) is 8.48. The van der Waals surface area contributed by atoms with E-state index in [2.05, 4.69) is 15.6 Å². The van der Waals surface area contributed by atoms with Crippen LogP contribution in [0.4, 0.5) is 0 Å². The lowest BCUT2D eigenvalue weighted by atomic mass is 10.2. The molecule has 0 spiro atoms. The van der Waals surface area contributed by atoms with Crippen molar-refractivity contribution < 1.29 is 14.3 Å². The lowest BCUT2D eigenvalue weighted by molar-refractivity contribution is -0.120. The van der Waals surface area contributed by atoms with E-state index in [0.29, 0.717) is 30.5 Å². The Morgan fingerprint density at radius 3 is 2.88 bits per heavy atom. The minimum Gasteiger partial charge on any atom is -0.497 e. The average Bonchev–Trinajstić information content (AvgIpc) is 3.45. The number of benzene rings is 1. The van der Waals surface area contributed by atoms with Gasteiger partial charge in [-0.3, -0.25) is 4.79 Å². The fourth-order valence-electron chi connectivity index (χ4n) is 2.39. The first-order valence-corrected chi connectivity index (χ1v) is 8.48. The molecule has 0 unspecified atom stereocenters. The number of nitrogens with one attached hydrogen (secondary N) is 2. The van der Waals surface area contributed by atoms with Crippen molar-refractivity contribution in [2.24, 2.45) is 5.92 Å². The molecule has 0 radical (unpaired) electrons. The van der Waals surface area contributed by atoms with E-state index in [4.69, 9.17) is 9.47 Å². The molecular formula is C19H23N3O3. The number of hydrogen-bond donors (Lipinski definition) is 2. The van der Waals surface area contributed by atoms with Gasteiger partial charge in [-0.1, -0.05) is 12.1 Å². The predicted octanol–water partition coefficient (Wildman–Crippen LogP) is 2.50. The molecule has 1 heterocycles. The Labute approximate surface area is 147 Å². The molecule has 1 aliphatic rings. The highest BCUT2D eigenvalue weighted by molar-refractivity contribution is 5.78. The van der Waals surface area contributed by atoms with Crippen molar-refractivity contribution in [1.82, 2.24) is 15.6 Å². The van der Waals surface area contributed by atoms with Crippen LogP contribution in [0.5, 0.6) is 17.4 Å². The van der Waals surface area contributed by atoms with Crippen LogP contribution in [0.15, 0.2) is 42.6 Å². The molecule has 1 saturated carbocycles. The number of amides is 1. The maximum absolute atomic E-state index is 11.9. The molecule has 2 aromatic rings. The highest BCUT2D eigenvalue weighted by atomic mass is 16.5. The van der Waals surface area contributed by atoms with Crippen LogP contribution in [0.25, 0.3) is 0 Å². The van der Waals surface area contributed by atoms with Gasteiger partial charge < -0.3 is 20.1 Å². The first-order valence-electron chi connectivity index (χ1n) is 8.48. The molecule has 1 amide bonds. The fraction of sp³-hybridized carbons (Fsp3) is 0.368. The van der Waals surface area contributed by atoms with Crippen LogP contribution in [0, 0.1) is 5.92 Å². The summed E-state index contributed by atoms with van der Waals surface area (Å²) in [5.41, 5.74) is 0.820. The molecule has 1 aliphatic carbocycles. The Hall–Kier alpha value is -2.60. The smallest absolute Gasteiger partial charge is 0.234 e. The van der Waals surface area contributed by atoms with Crippen molar-refractivity contribution in [1.29, 1.82) is 0 Å².